The van der Waals surface area contributed by atoms with Crippen LogP contribution in [0, 0.1) is 0 Å². The molecule has 92 valence electrons. The average Bonchev–Trinajstić information content (AvgIpc) is 2.37. The van der Waals surface area contributed by atoms with Crippen molar-refractivity contribution in [3.63, 3.8) is 0 Å². The third-order valence-electron chi connectivity index (χ3n) is 2.38. The quantitative estimate of drug-likeness (QED) is 0.784. The lowest BCUT2D eigenvalue weighted by Gasteiger charge is -2.08. The van der Waals surface area contributed by atoms with Gasteiger partial charge < -0.3 is 15.8 Å². The van der Waals surface area contributed by atoms with Crippen molar-refractivity contribution < 1.29 is 14.3 Å². The Balaban J connectivity index is 2.64. The van der Waals surface area contributed by atoms with Crippen LogP contribution in [0.3, 0.4) is 0 Å². The average molecular weight is 245 g/mol. The molecule has 1 aromatic carbocycles. The van der Waals surface area contributed by atoms with E-state index in [1.807, 2.05) is 0 Å². The van der Waals surface area contributed by atoms with Crippen LogP contribution >= 0.6 is 0 Å². The van der Waals surface area contributed by atoms with Gasteiger partial charge >= 0.3 is 12.0 Å². The Morgan fingerprint density at radius 2 is 2.17 bits per heavy atom. The molecular formula is C12H11N3O3. The van der Waals surface area contributed by atoms with Gasteiger partial charge in [-0.3, -0.25) is 4.98 Å². The molecule has 0 atom stereocenters. The van der Waals surface area contributed by atoms with Crippen molar-refractivity contribution >= 4 is 28.6 Å². The first kappa shape index (κ1) is 11.8. The summed E-state index contributed by atoms with van der Waals surface area (Å²) in [7, 11) is 1.29. The molecule has 3 N–H and O–H groups in total. The second-order valence-electron chi connectivity index (χ2n) is 3.58. The highest BCUT2D eigenvalue weighted by molar-refractivity contribution is 6.03. The number of rotatable bonds is 2. The minimum absolute atomic E-state index is 0.321. The predicted molar refractivity (Wildman–Crippen MR) is 66.3 cm³/mol. The summed E-state index contributed by atoms with van der Waals surface area (Å²) in [6.45, 7) is 0. The number of nitrogens with one attached hydrogen (secondary N) is 1. The van der Waals surface area contributed by atoms with Crippen molar-refractivity contribution in [2.75, 3.05) is 12.4 Å². The fraction of sp³-hybridized carbons (Fsp3) is 0.0833. The molecule has 1 aromatic heterocycles. The van der Waals surface area contributed by atoms with Crippen LogP contribution in [0.4, 0.5) is 10.5 Å². The highest BCUT2D eigenvalue weighted by Crippen LogP contribution is 2.23. The van der Waals surface area contributed by atoms with Gasteiger partial charge in [-0.25, -0.2) is 9.59 Å². The van der Waals surface area contributed by atoms with E-state index >= 15 is 0 Å². The lowest BCUT2D eigenvalue weighted by atomic mass is 10.1. The van der Waals surface area contributed by atoms with E-state index in [0.29, 0.717) is 22.2 Å². The topological polar surface area (TPSA) is 94.3 Å². The first-order valence-corrected chi connectivity index (χ1v) is 5.15. The molecule has 2 rings (SSSR count). The highest BCUT2D eigenvalue weighted by Gasteiger charge is 2.11. The summed E-state index contributed by atoms with van der Waals surface area (Å²) in [6.07, 6.45) is 1.59. The Morgan fingerprint density at radius 3 is 2.83 bits per heavy atom. The summed E-state index contributed by atoms with van der Waals surface area (Å²) in [4.78, 5) is 26.6. The van der Waals surface area contributed by atoms with E-state index < -0.39 is 12.0 Å². The van der Waals surface area contributed by atoms with Crippen molar-refractivity contribution in [1.82, 2.24) is 4.98 Å². The number of pyridine rings is 1. The summed E-state index contributed by atoms with van der Waals surface area (Å²) >= 11 is 0. The number of carbonyl (C=O) groups excluding carboxylic acids is 2. The zero-order chi connectivity index (χ0) is 13.1. The van der Waals surface area contributed by atoms with Crippen LogP contribution in [-0.4, -0.2) is 24.1 Å². The molecule has 0 bridgehead atoms. The molecule has 0 aliphatic rings. The number of methoxy groups -OCH3 is 1. The zero-order valence-electron chi connectivity index (χ0n) is 9.64. The molecule has 0 aliphatic heterocycles. The first-order valence-electron chi connectivity index (χ1n) is 5.15. The van der Waals surface area contributed by atoms with E-state index in [2.05, 4.69) is 15.0 Å². The number of carbonyl (C=O) groups is 2. The van der Waals surface area contributed by atoms with E-state index in [4.69, 9.17) is 5.73 Å². The van der Waals surface area contributed by atoms with Gasteiger partial charge in [-0.1, -0.05) is 6.07 Å². The summed E-state index contributed by atoms with van der Waals surface area (Å²) in [6, 6.07) is 5.91. The molecule has 6 heteroatoms. The second kappa shape index (κ2) is 4.70. The van der Waals surface area contributed by atoms with E-state index in [1.165, 1.54) is 13.2 Å². The highest BCUT2D eigenvalue weighted by atomic mass is 16.5. The van der Waals surface area contributed by atoms with E-state index in [-0.39, 0.29) is 0 Å². The predicted octanol–water partition coefficient (Wildman–Crippen LogP) is 1.51. The number of anilines is 1. The summed E-state index contributed by atoms with van der Waals surface area (Å²) < 4.78 is 4.64. The Morgan fingerprint density at radius 1 is 1.39 bits per heavy atom. The molecule has 0 spiro atoms. The van der Waals surface area contributed by atoms with Crippen molar-refractivity contribution in [1.29, 1.82) is 0 Å². The molecule has 18 heavy (non-hydrogen) atoms. The number of nitrogens with zero attached hydrogens (tertiary/aromatic N) is 1. The molecule has 2 aromatic rings. The number of nitrogens with two attached hydrogens (primary N) is 1. The largest absolute Gasteiger partial charge is 0.465 e. The number of benzene rings is 1. The molecule has 0 saturated heterocycles. The van der Waals surface area contributed by atoms with Crippen LogP contribution in [0.2, 0.25) is 0 Å². The van der Waals surface area contributed by atoms with Crippen LogP contribution in [0.25, 0.3) is 10.9 Å². The maximum Gasteiger partial charge on any atom is 0.337 e. The van der Waals surface area contributed by atoms with Gasteiger partial charge in [0.05, 0.1) is 23.9 Å². The van der Waals surface area contributed by atoms with Crippen LogP contribution in [-0.2, 0) is 4.74 Å². The monoisotopic (exact) mass is 245 g/mol. The van der Waals surface area contributed by atoms with Crippen molar-refractivity contribution in [2.24, 2.45) is 5.73 Å². The van der Waals surface area contributed by atoms with Crippen LogP contribution < -0.4 is 11.1 Å². The third-order valence-corrected chi connectivity index (χ3v) is 2.38. The lowest BCUT2D eigenvalue weighted by molar-refractivity contribution is 0.0601. The molecule has 6 nitrogen and oxygen atoms in total. The fourth-order valence-electron chi connectivity index (χ4n) is 1.66. The molecule has 0 unspecified atom stereocenters. The van der Waals surface area contributed by atoms with Gasteiger partial charge in [0.25, 0.3) is 0 Å². The smallest absolute Gasteiger partial charge is 0.337 e. The zero-order valence-corrected chi connectivity index (χ0v) is 9.64. The molecular weight excluding hydrogens is 234 g/mol. The minimum atomic E-state index is -0.719. The molecule has 1 heterocycles. The molecule has 0 aliphatic carbocycles. The van der Waals surface area contributed by atoms with Crippen molar-refractivity contribution in [2.45, 2.75) is 0 Å². The number of hydrogen-bond acceptors (Lipinski definition) is 4. The summed E-state index contributed by atoms with van der Waals surface area (Å²) in [5, 5.41) is 3.15. The molecule has 0 saturated carbocycles. The number of aromatic nitrogens is 1. The van der Waals surface area contributed by atoms with E-state index in [0.717, 1.165) is 0 Å². The van der Waals surface area contributed by atoms with Gasteiger partial charge in [0.1, 0.15) is 0 Å². The Labute approximate surface area is 103 Å². The number of amides is 2. The van der Waals surface area contributed by atoms with Crippen LogP contribution in [0.1, 0.15) is 10.4 Å². The summed E-state index contributed by atoms with van der Waals surface area (Å²) in [5.41, 5.74) is 6.34. The SMILES string of the molecule is COC(=O)c1cc(NC(N)=O)c2ncccc2c1. The summed E-state index contributed by atoms with van der Waals surface area (Å²) in [5.74, 6) is -0.492. The third kappa shape index (κ3) is 2.22. The first-order chi connectivity index (χ1) is 8.61. The van der Waals surface area contributed by atoms with Crippen LogP contribution in [0.15, 0.2) is 30.5 Å². The Bertz CT molecular complexity index is 625. The Hall–Kier alpha value is -2.63. The normalized spacial score (nSPS) is 10.1. The molecule has 0 radical (unpaired) electrons. The van der Waals surface area contributed by atoms with Crippen molar-refractivity contribution in [3.8, 4) is 0 Å². The maximum absolute atomic E-state index is 11.5. The lowest BCUT2D eigenvalue weighted by Crippen LogP contribution is -2.20. The Kier molecular flexibility index (Phi) is 3.09. The van der Waals surface area contributed by atoms with Gasteiger partial charge in [-0.15, -0.1) is 0 Å². The van der Waals surface area contributed by atoms with Gasteiger partial charge in [0.2, 0.25) is 0 Å². The van der Waals surface area contributed by atoms with Gasteiger partial charge in [-0.2, -0.15) is 0 Å². The van der Waals surface area contributed by atoms with Gasteiger partial charge in [-0.05, 0) is 18.2 Å². The van der Waals surface area contributed by atoms with Gasteiger partial charge in [0, 0.05) is 11.6 Å². The standard InChI is InChI=1S/C12H11N3O3/c1-18-11(16)8-5-7-3-2-4-14-10(7)9(6-8)15-12(13)17/h2-6H,1H3,(H3,13,15,17). The van der Waals surface area contributed by atoms with E-state index in [9.17, 15) is 9.59 Å². The number of esters is 1. The second-order valence-corrected chi connectivity index (χ2v) is 3.58. The molecule has 0 fully saturated rings. The minimum Gasteiger partial charge on any atom is -0.465 e. The van der Waals surface area contributed by atoms with Gasteiger partial charge in [0.15, 0.2) is 0 Å². The number of hydrogen-bond donors (Lipinski definition) is 2. The van der Waals surface area contributed by atoms with Crippen molar-refractivity contribution in [3.05, 3.63) is 36.0 Å². The number of primary amides is 1. The van der Waals surface area contributed by atoms with E-state index in [1.54, 1.807) is 24.4 Å². The molecule has 2 amide bonds. The fourth-order valence-corrected chi connectivity index (χ4v) is 1.66. The number of fused-ring (bicyclic) bond motifs is 1. The maximum atomic E-state index is 11.5. The van der Waals surface area contributed by atoms with Crippen LogP contribution in [0.5, 0.6) is 0 Å². The number of urea groups is 1. The number of ether oxygens (including phenoxy) is 1.